The van der Waals surface area contributed by atoms with Crippen molar-refractivity contribution in [3.63, 3.8) is 0 Å². The van der Waals surface area contributed by atoms with Crippen molar-refractivity contribution in [1.29, 1.82) is 0 Å². The van der Waals surface area contributed by atoms with E-state index in [4.69, 9.17) is 10.5 Å². The van der Waals surface area contributed by atoms with Gasteiger partial charge in [-0.3, -0.25) is 4.79 Å². The van der Waals surface area contributed by atoms with Crippen molar-refractivity contribution in [2.75, 3.05) is 13.7 Å². The highest BCUT2D eigenvalue weighted by Gasteiger charge is 2.20. The fourth-order valence-corrected chi connectivity index (χ4v) is 2.10. The number of carbonyl (C=O) groups is 1. The van der Waals surface area contributed by atoms with Crippen LogP contribution in [0.1, 0.15) is 44.9 Å². The second-order valence-corrected chi connectivity index (χ2v) is 4.49. The maximum atomic E-state index is 11.0. The lowest BCUT2D eigenvalue weighted by Gasteiger charge is -2.21. The lowest BCUT2D eigenvalue weighted by atomic mass is 10.1. The van der Waals surface area contributed by atoms with Gasteiger partial charge >= 0.3 is 0 Å². The Balaban J connectivity index is 2.12. The third-order valence-electron chi connectivity index (χ3n) is 3.16. The Hall–Kier alpha value is -0.610. The molecule has 0 aromatic heterocycles. The number of amides is 1. The van der Waals surface area contributed by atoms with Crippen molar-refractivity contribution >= 4 is 5.91 Å². The molecule has 0 saturated heterocycles. The third-order valence-corrected chi connectivity index (χ3v) is 3.16. The molecule has 1 amide bonds. The fraction of sp³-hybridized carbons (Fsp3) is 0.917. The van der Waals surface area contributed by atoms with Crippen LogP contribution < -0.4 is 11.1 Å². The van der Waals surface area contributed by atoms with Crippen LogP contribution in [-0.2, 0) is 9.53 Å². The van der Waals surface area contributed by atoms with E-state index in [1.807, 2.05) is 0 Å². The van der Waals surface area contributed by atoms with Crippen molar-refractivity contribution in [3.05, 3.63) is 0 Å². The van der Waals surface area contributed by atoms with Gasteiger partial charge in [-0.05, 0) is 19.3 Å². The Morgan fingerprint density at radius 3 is 2.88 bits per heavy atom. The van der Waals surface area contributed by atoms with E-state index in [1.165, 1.54) is 19.3 Å². The number of rotatable bonds is 5. The second kappa shape index (κ2) is 7.63. The smallest absolute Gasteiger partial charge is 0.219 e. The van der Waals surface area contributed by atoms with E-state index in [0.717, 1.165) is 19.3 Å². The van der Waals surface area contributed by atoms with E-state index >= 15 is 0 Å². The zero-order valence-electron chi connectivity index (χ0n) is 10.2. The van der Waals surface area contributed by atoms with Crippen LogP contribution in [0, 0.1) is 0 Å². The van der Waals surface area contributed by atoms with E-state index in [2.05, 4.69) is 5.32 Å². The monoisotopic (exact) mass is 228 g/mol. The maximum Gasteiger partial charge on any atom is 0.219 e. The molecule has 0 aliphatic heterocycles. The largest absolute Gasteiger partial charge is 0.377 e. The van der Waals surface area contributed by atoms with Crippen molar-refractivity contribution < 1.29 is 9.53 Å². The van der Waals surface area contributed by atoms with Gasteiger partial charge in [-0.15, -0.1) is 0 Å². The molecule has 0 aromatic carbocycles. The molecule has 94 valence electrons. The second-order valence-electron chi connectivity index (χ2n) is 4.49. The molecule has 0 radical (unpaired) electrons. The van der Waals surface area contributed by atoms with Gasteiger partial charge in [0.05, 0.1) is 6.10 Å². The third kappa shape index (κ3) is 4.94. The maximum absolute atomic E-state index is 11.0. The van der Waals surface area contributed by atoms with E-state index in [9.17, 15) is 4.79 Å². The van der Waals surface area contributed by atoms with Gasteiger partial charge in [0, 0.05) is 26.1 Å². The molecule has 1 saturated carbocycles. The van der Waals surface area contributed by atoms with Gasteiger partial charge in [0.25, 0.3) is 0 Å². The summed E-state index contributed by atoms with van der Waals surface area (Å²) in [6.07, 6.45) is 7.37. The summed E-state index contributed by atoms with van der Waals surface area (Å²) < 4.78 is 5.77. The highest BCUT2D eigenvalue weighted by atomic mass is 16.5. The van der Waals surface area contributed by atoms with Gasteiger partial charge in [0.15, 0.2) is 0 Å². The molecule has 2 unspecified atom stereocenters. The lowest BCUT2D eigenvalue weighted by Crippen LogP contribution is -2.36. The molecule has 1 rings (SSSR count). The van der Waals surface area contributed by atoms with Crippen molar-refractivity contribution in [2.45, 2.75) is 57.1 Å². The molecule has 0 spiro atoms. The minimum atomic E-state index is 0.0776. The van der Waals surface area contributed by atoms with E-state index in [-0.39, 0.29) is 18.1 Å². The van der Waals surface area contributed by atoms with Crippen LogP contribution >= 0.6 is 0 Å². The van der Waals surface area contributed by atoms with Crippen LogP contribution in [0.4, 0.5) is 0 Å². The lowest BCUT2D eigenvalue weighted by molar-refractivity contribution is -0.121. The summed E-state index contributed by atoms with van der Waals surface area (Å²) in [7, 11) is 1.66. The number of carbonyl (C=O) groups excluding carboxylic acids is 1. The number of hydrogen-bond acceptors (Lipinski definition) is 3. The molecule has 4 heteroatoms. The first-order valence-electron chi connectivity index (χ1n) is 6.32. The van der Waals surface area contributed by atoms with Crippen LogP contribution in [0.3, 0.4) is 0 Å². The summed E-state index contributed by atoms with van der Waals surface area (Å²) in [4.78, 5) is 11.0. The quantitative estimate of drug-likeness (QED) is 0.549. The zero-order chi connectivity index (χ0) is 11.8. The fourth-order valence-electron chi connectivity index (χ4n) is 2.10. The predicted octanol–water partition coefficient (Wildman–Crippen LogP) is 1.19. The summed E-state index contributed by atoms with van der Waals surface area (Å²) in [6.45, 7) is 0.645. The first-order valence-corrected chi connectivity index (χ1v) is 6.32. The number of nitrogens with two attached hydrogens (primary N) is 1. The number of nitrogens with one attached hydrogen (secondary N) is 1. The first kappa shape index (κ1) is 13.5. The Bertz CT molecular complexity index is 209. The van der Waals surface area contributed by atoms with Crippen LogP contribution in [-0.4, -0.2) is 31.7 Å². The predicted molar refractivity (Wildman–Crippen MR) is 64.1 cm³/mol. The van der Waals surface area contributed by atoms with E-state index < -0.39 is 0 Å². The van der Waals surface area contributed by atoms with Crippen molar-refractivity contribution in [3.8, 4) is 0 Å². The van der Waals surface area contributed by atoms with Gasteiger partial charge in [-0.25, -0.2) is 0 Å². The Morgan fingerprint density at radius 2 is 2.12 bits per heavy atom. The molecule has 2 atom stereocenters. The standard InChI is InChI=1S/C12H24N2O2/c1-14-12(15)8-5-9-16-11-7-4-2-3-6-10(11)13/h10-11H,2-9,13H2,1H3,(H,14,15). The first-order chi connectivity index (χ1) is 7.74. The normalized spacial score (nSPS) is 26.1. The summed E-state index contributed by atoms with van der Waals surface area (Å²) in [5.74, 6) is 0.0776. The highest BCUT2D eigenvalue weighted by Crippen LogP contribution is 2.19. The van der Waals surface area contributed by atoms with E-state index in [0.29, 0.717) is 13.0 Å². The van der Waals surface area contributed by atoms with Gasteiger partial charge in [-0.2, -0.15) is 0 Å². The van der Waals surface area contributed by atoms with Crippen LogP contribution in [0.25, 0.3) is 0 Å². The summed E-state index contributed by atoms with van der Waals surface area (Å²) >= 11 is 0. The van der Waals surface area contributed by atoms with Gasteiger partial charge in [0.2, 0.25) is 5.91 Å². The molecule has 0 aromatic rings. The Morgan fingerprint density at radius 1 is 1.38 bits per heavy atom. The average molecular weight is 228 g/mol. The molecule has 0 bridgehead atoms. The van der Waals surface area contributed by atoms with Gasteiger partial charge in [0.1, 0.15) is 0 Å². The molecular formula is C12H24N2O2. The Labute approximate surface area is 97.9 Å². The number of hydrogen-bond donors (Lipinski definition) is 2. The van der Waals surface area contributed by atoms with Crippen LogP contribution in [0.2, 0.25) is 0 Å². The van der Waals surface area contributed by atoms with E-state index in [1.54, 1.807) is 7.05 Å². The number of ether oxygens (including phenoxy) is 1. The molecule has 0 heterocycles. The van der Waals surface area contributed by atoms with Crippen molar-refractivity contribution in [2.24, 2.45) is 5.73 Å². The van der Waals surface area contributed by atoms with Gasteiger partial charge in [-0.1, -0.05) is 19.3 Å². The SMILES string of the molecule is CNC(=O)CCCOC1CCCCCC1N. The average Bonchev–Trinajstić information content (AvgIpc) is 2.49. The molecule has 16 heavy (non-hydrogen) atoms. The van der Waals surface area contributed by atoms with Crippen LogP contribution in [0.15, 0.2) is 0 Å². The summed E-state index contributed by atoms with van der Waals surface area (Å²) in [5.41, 5.74) is 6.04. The molecule has 4 nitrogen and oxygen atoms in total. The van der Waals surface area contributed by atoms with Crippen molar-refractivity contribution in [1.82, 2.24) is 5.32 Å². The molecule has 1 fully saturated rings. The topological polar surface area (TPSA) is 64.3 Å². The molecule has 3 N–H and O–H groups in total. The summed E-state index contributed by atoms with van der Waals surface area (Å²) in [5, 5.41) is 2.60. The Kier molecular flexibility index (Phi) is 6.42. The minimum absolute atomic E-state index is 0.0776. The summed E-state index contributed by atoms with van der Waals surface area (Å²) in [6, 6.07) is 0.183. The minimum Gasteiger partial charge on any atom is -0.377 e. The highest BCUT2D eigenvalue weighted by molar-refractivity contribution is 5.75. The van der Waals surface area contributed by atoms with Crippen LogP contribution in [0.5, 0.6) is 0 Å². The molecular weight excluding hydrogens is 204 g/mol. The zero-order valence-corrected chi connectivity index (χ0v) is 10.2. The molecule has 1 aliphatic rings. The molecule has 1 aliphatic carbocycles. The van der Waals surface area contributed by atoms with Gasteiger partial charge < -0.3 is 15.8 Å².